The highest BCUT2D eigenvalue weighted by Crippen LogP contribution is 2.21. The van der Waals surface area contributed by atoms with Gasteiger partial charge in [-0.05, 0) is 51.4 Å². The number of carbonyl (C=O) groups is 1. The third kappa shape index (κ3) is 6.58. The average Bonchev–Trinajstić information content (AvgIpc) is 2.34. The van der Waals surface area contributed by atoms with E-state index < -0.39 is 11.7 Å². The summed E-state index contributed by atoms with van der Waals surface area (Å²) >= 11 is 0. The monoisotopic (exact) mass is 296 g/mol. The molecule has 0 bridgehead atoms. The van der Waals surface area contributed by atoms with E-state index in [4.69, 9.17) is 10.5 Å². The van der Waals surface area contributed by atoms with E-state index in [1.807, 2.05) is 13.0 Å². The molecule has 0 saturated heterocycles. The van der Waals surface area contributed by atoms with Crippen molar-refractivity contribution in [1.82, 2.24) is 5.32 Å². The second-order valence-corrected chi connectivity index (χ2v) is 6.68. The number of hydrogen-bond donors (Lipinski definition) is 2. The lowest BCUT2D eigenvalue weighted by molar-refractivity contribution is 0.0504. The summed E-state index contributed by atoms with van der Waals surface area (Å²) in [6.07, 6.45) is 0.110. The Bertz CT molecular complexity index is 485. The van der Waals surface area contributed by atoms with E-state index in [2.05, 4.69) is 5.32 Å². The van der Waals surface area contributed by atoms with Gasteiger partial charge < -0.3 is 15.8 Å². The average molecular weight is 296 g/mol. The molecule has 0 aliphatic rings. The smallest absolute Gasteiger partial charge is 0.407 e. The first kappa shape index (κ1) is 17.4. The van der Waals surface area contributed by atoms with Crippen LogP contribution in [0.25, 0.3) is 0 Å². The quantitative estimate of drug-likeness (QED) is 0.878. The Labute approximate surface area is 125 Å². The molecule has 0 aliphatic heterocycles. The minimum Gasteiger partial charge on any atom is -0.444 e. The zero-order valence-electron chi connectivity index (χ0n) is 13.2. The summed E-state index contributed by atoms with van der Waals surface area (Å²) in [4.78, 5) is 11.7. The lowest BCUT2D eigenvalue weighted by Crippen LogP contribution is -2.43. The number of benzene rings is 1. The van der Waals surface area contributed by atoms with Gasteiger partial charge in [-0.25, -0.2) is 9.18 Å². The SMILES string of the molecule is CC(CN)(CNC(=O)OC(C)(C)C)Cc1cccc(F)c1. The van der Waals surface area contributed by atoms with Crippen LogP contribution in [0, 0.1) is 11.2 Å². The maximum Gasteiger partial charge on any atom is 0.407 e. The summed E-state index contributed by atoms with van der Waals surface area (Å²) in [7, 11) is 0. The van der Waals surface area contributed by atoms with Crippen molar-refractivity contribution in [3.63, 3.8) is 0 Å². The summed E-state index contributed by atoms with van der Waals surface area (Å²) in [6.45, 7) is 8.12. The van der Waals surface area contributed by atoms with E-state index in [1.165, 1.54) is 12.1 Å². The van der Waals surface area contributed by atoms with Crippen LogP contribution in [0.5, 0.6) is 0 Å². The minimum atomic E-state index is -0.536. The van der Waals surface area contributed by atoms with Crippen molar-refractivity contribution in [3.05, 3.63) is 35.6 Å². The van der Waals surface area contributed by atoms with Crippen molar-refractivity contribution >= 4 is 6.09 Å². The zero-order valence-corrected chi connectivity index (χ0v) is 13.2. The van der Waals surface area contributed by atoms with Crippen molar-refractivity contribution < 1.29 is 13.9 Å². The molecule has 21 heavy (non-hydrogen) atoms. The van der Waals surface area contributed by atoms with Gasteiger partial charge in [0.15, 0.2) is 0 Å². The highest BCUT2D eigenvalue weighted by atomic mass is 19.1. The standard InChI is InChI=1S/C16H25FN2O2/c1-15(2,3)21-14(20)19-11-16(4,10-18)9-12-6-5-7-13(17)8-12/h5-8H,9-11,18H2,1-4H3,(H,19,20). The summed E-state index contributed by atoms with van der Waals surface area (Å²) in [5, 5.41) is 2.73. The Balaban J connectivity index is 2.62. The van der Waals surface area contributed by atoms with E-state index >= 15 is 0 Å². The van der Waals surface area contributed by atoms with Crippen LogP contribution in [0.4, 0.5) is 9.18 Å². The second-order valence-electron chi connectivity index (χ2n) is 6.68. The number of halogens is 1. The molecule has 5 heteroatoms. The van der Waals surface area contributed by atoms with Gasteiger partial charge in [0.2, 0.25) is 0 Å². The predicted molar refractivity (Wildman–Crippen MR) is 81.5 cm³/mol. The van der Waals surface area contributed by atoms with Crippen LogP contribution in [-0.4, -0.2) is 24.8 Å². The van der Waals surface area contributed by atoms with E-state index in [0.29, 0.717) is 19.5 Å². The summed E-state index contributed by atoms with van der Waals surface area (Å²) in [6, 6.07) is 6.41. The Morgan fingerprint density at radius 3 is 2.52 bits per heavy atom. The van der Waals surface area contributed by atoms with Gasteiger partial charge in [-0.1, -0.05) is 19.1 Å². The topological polar surface area (TPSA) is 64.3 Å². The molecule has 0 heterocycles. The third-order valence-corrected chi connectivity index (χ3v) is 3.07. The zero-order chi connectivity index (χ0) is 16.1. The van der Waals surface area contributed by atoms with Crippen LogP contribution in [-0.2, 0) is 11.2 Å². The first-order valence-electron chi connectivity index (χ1n) is 7.05. The molecule has 4 nitrogen and oxygen atoms in total. The molecule has 1 rings (SSSR count). The van der Waals surface area contributed by atoms with Crippen LogP contribution >= 0.6 is 0 Å². The molecular weight excluding hydrogens is 271 g/mol. The first-order valence-corrected chi connectivity index (χ1v) is 7.05. The predicted octanol–water partition coefficient (Wildman–Crippen LogP) is 2.86. The Kier molecular flexibility index (Phi) is 5.72. The number of ether oxygens (including phenoxy) is 1. The number of carbonyl (C=O) groups excluding carboxylic acids is 1. The van der Waals surface area contributed by atoms with Crippen molar-refractivity contribution in [2.24, 2.45) is 11.1 Å². The van der Waals surface area contributed by atoms with Gasteiger partial charge in [0.25, 0.3) is 0 Å². The largest absolute Gasteiger partial charge is 0.444 e. The molecule has 0 aliphatic carbocycles. The Morgan fingerprint density at radius 1 is 1.33 bits per heavy atom. The normalized spacial score (nSPS) is 14.4. The third-order valence-electron chi connectivity index (χ3n) is 3.07. The van der Waals surface area contributed by atoms with E-state index in [0.717, 1.165) is 5.56 Å². The van der Waals surface area contributed by atoms with Crippen LogP contribution in [0.2, 0.25) is 0 Å². The van der Waals surface area contributed by atoms with Gasteiger partial charge in [-0.2, -0.15) is 0 Å². The molecule has 0 aromatic heterocycles. The number of nitrogens with two attached hydrogens (primary N) is 1. The van der Waals surface area contributed by atoms with Gasteiger partial charge in [0, 0.05) is 12.0 Å². The molecule has 0 fully saturated rings. The highest BCUT2D eigenvalue weighted by Gasteiger charge is 2.25. The molecular formula is C16H25FN2O2. The second kappa shape index (κ2) is 6.89. The molecule has 1 aromatic carbocycles. The van der Waals surface area contributed by atoms with E-state index in [9.17, 15) is 9.18 Å². The lowest BCUT2D eigenvalue weighted by Gasteiger charge is -2.29. The number of nitrogens with one attached hydrogen (secondary N) is 1. The maximum atomic E-state index is 13.2. The fourth-order valence-electron chi connectivity index (χ4n) is 1.95. The van der Waals surface area contributed by atoms with E-state index in [1.54, 1.807) is 26.8 Å². The van der Waals surface area contributed by atoms with Crippen LogP contribution < -0.4 is 11.1 Å². The van der Waals surface area contributed by atoms with Gasteiger partial charge in [0.05, 0.1) is 0 Å². The molecule has 118 valence electrons. The fraction of sp³-hybridized carbons (Fsp3) is 0.562. The maximum absolute atomic E-state index is 13.2. The molecule has 1 aromatic rings. The molecule has 0 radical (unpaired) electrons. The fourth-order valence-corrected chi connectivity index (χ4v) is 1.95. The summed E-state index contributed by atoms with van der Waals surface area (Å²) < 4.78 is 18.4. The van der Waals surface area contributed by atoms with Crippen LogP contribution in [0.1, 0.15) is 33.3 Å². The van der Waals surface area contributed by atoms with Crippen LogP contribution in [0.3, 0.4) is 0 Å². The molecule has 3 N–H and O–H groups in total. The van der Waals surface area contributed by atoms with Gasteiger partial charge in [0.1, 0.15) is 11.4 Å². The molecule has 0 spiro atoms. The Hall–Kier alpha value is -1.62. The molecule has 1 atom stereocenters. The van der Waals surface area contributed by atoms with E-state index in [-0.39, 0.29) is 11.2 Å². The van der Waals surface area contributed by atoms with Crippen molar-refractivity contribution in [2.75, 3.05) is 13.1 Å². The molecule has 1 unspecified atom stereocenters. The van der Waals surface area contributed by atoms with Crippen molar-refractivity contribution in [3.8, 4) is 0 Å². The minimum absolute atomic E-state index is 0.271. The Morgan fingerprint density at radius 2 is 2.00 bits per heavy atom. The number of hydrogen-bond acceptors (Lipinski definition) is 3. The summed E-state index contributed by atoms with van der Waals surface area (Å²) in [5.41, 5.74) is 5.78. The van der Waals surface area contributed by atoms with Crippen molar-refractivity contribution in [1.29, 1.82) is 0 Å². The van der Waals surface area contributed by atoms with Gasteiger partial charge in [-0.15, -0.1) is 0 Å². The lowest BCUT2D eigenvalue weighted by atomic mass is 9.83. The molecule has 1 amide bonds. The van der Waals surface area contributed by atoms with Crippen LogP contribution in [0.15, 0.2) is 24.3 Å². The molecule has 0 saturated carbocycles. The summed E-state index contributed by atoms with van der Waals surface area (Å²) in [5.74, 6) is -0.271. The first-order chi connectivity index (χ1) is 9.63. The highest BCUT2D eigenvalue weighted by molar-refractivity contribution is 5.67. The number of alkyl carbamates (subject to hydrolysis) is 1. The van der Waals surface area contributed by atoms with Gasteiger partial charge in [-0.3, -0.25) is 0 Å². The number of amides is 1. The van der Waals surface area contributed by atoms with Crippen molar-refractivity contribution in [2.45, 2.75) is 39.7 Å². The number of rotatable bonds is 5. The van der Waals surface area contributed by atoms with Gasteiger partial charge >= 0.3 is 6.09 Å².